The summed E-state index contributed by atoms with van der Waals surface area (Å²) in [6, 6.07) is 16.7. The van der Waals surface area contributed by atoms with Crippen LogP contribution in [-0.2, 0) is 0 Å². The average molecular weight is 673 g/mol. The zero-order valence-electron chi connectivity index (χ0n) is 28.6. The van der Waals surface area contributed by atoms with Gasteiger partial charge in [0.25, 0.3) is 0 Å². The Morgan fingerprint density at radius 2 is 1.17 bits per heavy atom. The second-order valence-electron chi connectivity index (χ2n) is 11.7. The summed E-state index contributed by atoms with van der Waals surface area (Å²) < 4.78 is 27.7. The molecule has 0 atom stereocenters. The molecule has 258 valence electrons. The van der Waals surface area contributed by atoms with Crippen molar-refractivity contribution in [1.29, 1.82) is 0 Å². The molecule has 1 aliphatic heterocycles. The molecule has 0 amide bonds. The summed E-state index contributed by atoms with van der Waals surface area (Å²) in [6.07, 6.45) is 19.7. The van der Waals surface area contributed by atoms with Gasteiger partial charge >= 0.3 is 0 Å². The smallest absolute Gasteiger partial charge is 0.245 e. The molecule has 3 aromatic rings. The van der Waals surface area contributed by atoms with Crippen LogP contribution in [0.4, 0.5) is 11.4 Å². The summed E-state index contributed by atoms with van der Waals surface area (Å²) in [7, 11) is 0. The zero-order chi connectivity index (χ0) is 33.1. The van der Waals surface area contributed by atoms with E-state index in [9.17, 15) is 0 Å². The largest absolute Gasteiger partial charge is 1.00 e. The van der Waals surface area contributed by atoms with Crippen LogP contribution in [0.3, 0.4) is 0 Å². The molecule has 0 aromatic heterocycles. The SMILES string of the molecule is C=CCCCCOc1cccc(OCCCCC=C)c1N1C=[N+](c2c(OCCCC=C)ccc3ccc(OCCCC=C)cc23)CC1.[Cl-]. The number of hydrogen-bond acceptors (Lipinski definition) is 5. The topological polar surface area (TPSA) is 43.2 Å². The van der Waals surface area contributed by atoms with Gasteiger partial charge < -0.3 is 31.4 Å². The standard InChI is InChI=1S/C41H53N2O4.ClH/c1-5-9-13-17-30-45-37-20-19-21-38(46-31-18-14-10-6-2)41(37)43-27-26-42(33-43)40-36-32-35(44-28-15-11-7-3)24-22-34(36)23-25-39(40)47-29-16-12-8-4;/h5-8,19-25,32-33H,1-4,9-18,26-31H2;1H/q+1;/p-1. The highest BCUT2D eigenvalue weighted by Gasteiger charge is 2.31. The van der Waals surface area contributed by atoms with Gasteiger partial charge in [-0.1, -0.05) is 42.5 Å². The molecule has 0 fully saturated rings. The van der Waals surface area contributed by atoms with Crippen LogP contribution in [0.25, 0.3) is 10.8 Å². The number of fused-ring (bicyclic) bond motifs is 1. The Labute approximate surface area is 294 Å². The van der Waals surface area contributed by atoms with Crippen molar-refractivity contribution in [3.05, 3.63) is 99.2 Å². The fourth-order valence-electron chi connectivity index (χ4n) is 5.60. The number of hydrogen-bond donors (Lipinski definition) is 0. The van der Waals surface area contributed by atoms with E-state index in [2.05, 4.69) is 66.4 Å². The monoisotopic (exact) mass is 672 g/mol. The number of ether oxygens (including phenoxy) is 4. The second kappa shape index (κ2) is 21.7. The fraction of sp³-hybridized carbons (Fsp3) is 0.390. The number of nitrogens with zero attached hydrogens (tertiary/aromatic N) is 2. The maximum absolute atomic E-state index is 6.43. The van der Waals surface area contributed by atoms with E-state index >= 15 is 0 Å². The third kappa shape index (κ3) is 11.2. The van der Waals surface area contributed by atoms with E-state index in [1.54, 1.807) is 0 Å². The van der Waals surface area contributed by atoms with Crippen molar-refractivity contribution in [2.24, 2.45) is 0 Å². The Morgan fingerprint density at radius 3 is 1.79 bits per heavy atom. The Hall–Kier alpha value is -4.16. The maximum Gasteiger partial charge on any atom is 0.245 e. The predicted molar refractivity (Wildman–Crippen MR) is 198 cm³/mol. The highest BCUT2D eigenvalue weighted by molar-refractivity contribution is 5.96. The normalized spacial score (nSPS) is 12.2. The highest BCUT2D eigenvalue weighted by atomic mass is 35.5. The minimum atomic E-state index is 0. The molecule has 0 bridgehead atoms. The van der Waals surface area contributed by atoms with Crippen LogP contribution in [0, 0.1) is 0 Å². The lowest BCUT2D eigenvalue weighted by atomic mass is 10.1. The first kappa shape index (κ1) is 38.3. The van der Waals surface area contributed by atoms with Crippen molar-refractivity contribution in [3.63, 3.8) is 0 Å². The van der Waals surface area contributed by atoms with Gasteiger partial charge in [0, 0.05) is 5.39 Å². The van der Waals surface area contributed by atoms with Crippen LogP contribution in [-0.4, -0.2) is 50.4 Å². The lowest BCUT2D eigenvalue weighted by Crippen LogP contribution is -3.00. The highest BCUT2D eigenvalue weighted by Crippen LogP contribution is 2.42. The molecule has 0 saturated heterocycles. The van der Waals surface area contributed by atoms with Gasteiger partial charge in [0.05, 0.1) is 26.4 Å². The molecule has 3 aromatic carbocycles. The Bertz CT molecular complexity index is 1460. The van der Waals surface area contributed by atoms with Gasteiger partial charge in [-0.3, -0.25) is 0 Å². The second-order valence-corrected chi connectivity index (χ2v) is 11.7. The van der Waals surface area contributed by atoms with E-state index in [0.717, 1.165) is 122 Å². The number of anilines is 1. The van der Waals surface area contributed by atoms with Crippen LogP contribution in [0.2, 0.25) is 0 Å². The van der Waals surface area contributed by atoms with Crippen molar-refractivity contribution >= 4 is 28.5 Å². The molecule has 0 saturated carbocycles. The predicted octanol–water partition coefficient (Wildman–Crippen LogP) is 7.20. The molecular formula is C41H53ClN2O4. The molecule has 1 aliphatic rings. The van der Waals surface area contributed by atoms with Crippen molar-refractivity contribution in [3.8, 4) is 23.0 Å². The molecule has 1 heterocycles. The zero-order valence-corrected chi connectivity index (χ0v) is 29.3. The van der Waals surface area contributed by atoms with Crippen molar-refractivity contribution in [2.45, 2.75) is 64.2 Å². The summed E-state index contributed by atoms with van der Waals surface area (Å²) in [5, 5.41) is 2.23. The lowest BCUT2D eigenvalue weighted by molar-refractivity contribution is -0.423. The van der Waals surface area contributed by atoms with E-state index in [1.807, 2.05) is 48.6 Å². The van der Waals surface area contributed by atoms with E-state index in [0.29, 0.717) is 26.4 Å². The van der Waals surface area contributed by atoms with Gasteiger partial charge in [-0.15, -0.1) is 26.3 Å². The van der Waals surface area contributed by atoms with E-state index in [-0.39, 0.29) is 12.4 Å². The van der Waals surface area contributed by atoms with Gasteiger partial charge in [-0.25, -0.2) is 9.48 Å². The third-order valence-corrected chi connectivity index (χ3v) is 8.08. The third-order valence-electron chi connectivity index (χ3n) is 8.08. The number of benzene rings is 3. The van der Waals surface area contributed by atoms with Crippen LogP contribution < -0.4 is 36.3 Å². The fourth-order valence-corrected chi connectivity index (χ4v) is 5.60. The number of rotatable bonds is 24. The molecule has 0 radical (unpaired) electrons. The van der Waals surface area contributed by atoms with Crippen molar-refractivity contribution in [2.75, 3.05) is 44.4 Å². The minimum Gasteiger partial charge on any atom is -1.00 e. The van der Waals surface area contributed by atoms with Gasteiger partial charge in [0.2, 0.25) is 12.0 Å². The van der Waals surface area contributed by atoms with Crippen molar-refractivity contribution < 1.29 is 35.9 Å². The number of halogens is 1. The first-order valence-corrected chi connectivity index (χ1v) is 17.2. The van der Waals surface area contributed by atoms with Crippen LogP contribution in [0.15, 0.2) is 99.2 Å². The Morgan fingerprint density at radius 1 is 0.625 bits per heavy atom. The molecule has 4 rings (SSSR count). The van der Waals surface area contributed by atoms with Crippen LogP contribution in [0.5, 0.6) is 23.0 Å². The molecular weight excluding hydrogens is 620 g/mol. The molecule has 0 N–H and O–H groups in total. The molecule has 0 unspecified atom stereocenters. The molecule has 0 aliphatic carbocycles. The van der Waals surface area contributed by atoms with E-state index in [1.165, 1.54) is 0 Å². The summed E-state index contributed by atoms with van der Waals surface area (Å²) in [4.78, 5) is 2.26. The molecule has 48 heavy (non-hydrogen) atoms. The van der Waals surface area contributed by atoms with Crippen LogP contribution >= 0.6 is 0 Å². The van der Waals surface area contributed by atoms with Gasteiger partial charge in [0.1, 0.15) is 18.8 Å². The van der Waals surface area contributed by atoms with Gasteiger partial charge in [0.15, 0.2) is 22.9 Å². The Kier molecular flexibility index (Phi) is 17.3. The molecule has 0 spiro atoms. The van der Waals surface area contributed by atoms with E-state index < -0.39 is 0 Å². The number of unbranched alkanes of at least 4 members (excludes halogenated alkanes) is 6. The molecule has 6 nitrogen and oxygen atoms in total. The lowest BCUT2D eigenvalue weighted by Gasteiger charge is -2.17. The summed E-state index contributed by atoms with van der Waals surface area (Å²) in [6.45, 7) is 19.5. The van der Waals surface area contributed by atoms with Crippen molar-refractivity contribution in [1.82, 2.24) is 0 Å². The first-order valence-electron chi connectivity index (χ1n) is 17.2. The number of para-hydroxylation sites is 1. The first-order chi connectivity index (χ1) is 23.2. The Balaban J connectivity index is 0.00000625. The quantitative estimate of drug-likeness (QED) is 0.0573. The van der Waals surface area contributed by atoms with Gasteiger partial charge in [-0.2, -0.15) is 0 Å². The average Bonchev–Trinajstić information content (AvgIpc) is 3.57. The summed E-state index contributed by atoms with van der Waals surface area (Å²) >= 11 is 0. The molecule has 7 heteroatoms. The summed E-state index contributed by atoms with van der Waals surface area (Å²) in [5.41, 5.74) is 2.00. The van der Waals surface area contributed by atoms with Gasteiger partial charge in [-0.05, 0) is 99.9 Å². The van der Waals surface area contributed by atoms with Crippen LogP contribution in [0.1, 0.15) is 64.2 Å². The number of allylic oxidation sites excluding steroid dienone is 4. The van der Waals surface area contributed by atoms with E-state index in [4.69, 9.17) is 18.9 Å². The maximum atomic E-state index is 6.43. The minimum absolute atomic E-state index is 0. The summed E-state index contributed by atoms with van der Waals surface area (Å²) in [5.74, 6) is 3.37.